The highest BCUT2D eigenvalue weighted by Gasteiger charge is 2.07. The van der Waals surface area contributed by atoms with E-state index >= 15 is 0 Å². The molecular weight excluding hydrogens is 132 g/mol. The summed E-state index contributed by atoms with van der Waals surface area (Å²) in [5.41, 5.74) is 0. The molecule has 3 heteroatoms. The predicted octanol–water partition coefficient (Wildman–Crippen LogP) is 0.973. The van der Waals surface area contributed by atoms with Gasteiger partial charge in [-0.1, -0.05) is 0 Å². The summed E-state index contributed by atoms with van der Waals surface area (Å²) in [5.74, 6) is 0. The van der Waals surface area contributed by atoms with Crippen LogP contribution in [0, 0.1) is 0 Å². The van der Waals surface area contributed by atoms with Gasteiger partial charge in [-0.05, 0) is 20.8 Å². The number of hydrogen-bond donors (Lipinski definition) is 0. The summed E-state index contributed by atoms with van der Waals surface area (Å²) in [4.78, 5) is 10.2. The van der Waals surface area contributed by atoms with Crippen molar-refractivity contribution in [3.05, 3.63) is 0 Å². The number of carbonyl (C=O) groups is 1. The van der Waals surface area contributed by atoms with Gasteiger partial charge in [0.2, 0.25) is 6.29 Å². The molecule has 0 rings (SSSR count). The van der Waals surface area contributed by atoms with E-state index in [9.17, 15) is 4.79 Å². The molecule has 0 fully saturated rings. The Hall–Kier alpha value is -0.410. The highest BCUT2D eigenvalue weighted by molar-refractivity contribution is 5.53. The van der Waals surface area contributed by atoms with E-state index < -0.39 is 6.29 Å². The van der Waals surface area contributed by atoms with E-state index in [2.05, 4.69) is 0 Å². The average molecular weight is 146 g/mol. The highest BCUT2D eigenvalue weighted by Crippen LogP contribution is 1.96. The summed E-state index contributed by atoms with van der Waals surface area (Å²) in [6, 6.07) is 0. The zero-order chi connectivity index (χ0) is 7.98. The largest absolute Gasteiger partial charge is 0.347 e. The first-order valence-corrected chi connectivity index (χ1v) is 3.43. The fourth-order valence-corrected chi connectivity index (χ4v) is 0.543. The summed E-state index contributed by atoms with van der Waals surface area (Å²) in [6.45, 7) is 6.03. The fourth-order valence-electron chi connectivity index (χ4n) is 0.543. The number of rotatable bonds is 5. The number of ether oxygens (including phenoxy) is 2. The zero-order valence-corrected chi connectivity index (χ0v) is 6.66. The molecule has 0 saturated carbocycles. The predicted molar refractivity (Wildman–Crippen MR) is 37.7 cm³/mol. The van der Waals surface area contributed by atoms with Gasteiger partial charge in [-0.15, -0.1) is 0 Å². The molecule has 3 nitrogen and oxygen atoms in total. The number of aldehydes is 1. The first kappa shape index (κ1) is 9.59. The lowest BCUT2D eigenvalue weighted by Crippen LogP contribution is -2.22. The molecule has 0 aromatic carbocycles. The van der Waals surface area contributed by atoms with Crippen LogP contribution in [0.15, 0.2) is 0 Å². The standard InChI is InChI=1S/C7H14O3/c1-4-9-7(5-8)10-6(2)3/h5-7H,4H2,1-3H3. The van der Waals surface area contributed by atoms with Crippen molar-refractivity contribution in [3.63, 3.8) is 0 Å². The third-order valence-corrected chi connectivity index (χ3v) is 0.848. The van der Waals surface area contributed by atoms with E-state index in [1.54, 1.807) is 0 Å². The van der Waals surface area contributed by atoms with E-state index in [0.29, 0.717) is 12.9 Å². The molecule has 0 heterocycles. The van der Waals surface area contributed by atoms with Gasteiger partial charge in [0, 0.05) is 6.61 Å². The van der Waals surface area contributed by atoms with Crippen LogP contribution in [0.1, 0.15) is 20.8 Å². The molecule has 0 saturated heterocycles. The lowest BCUT2D eigenvalue weighted by atomic mass is 10.5. The summed E-state index contributed by atoms with van der Waals surface area (Å²) < 4.78 is 9.96. The van der Waals surface area contributed by atoms with Crippen LogP contribution in [0.5, 0.6) is 0 Å². The maximum atomic E-state index is 10.2. The molecule has 0 bridgehead atoms. The van der Waals surface area contributed by atoms with Gasteiger partial charge in [-0.2, -0.15) is 0 Å². The van der Waals surface area contributed by atoms with Crippen molar-refractivity contribution in [2.45, 2.75) is 33.2 Å². The molecule has 0 spiro atoms. The molecule has 0 aliphatic rings. The van der Waals surface area contributed by atoms with Gasteiger partial charge in [0.15, 0.2) is 6.29 Å². The molecule has 0 aromatic rings. The van der Waals surface area contributed by atoms with Crippen molar-refractivity contribution >= 4 is 6.29 Å². The quantitative estimate of drug-likeness (QED) is 0.428. The first-order chi connectivity index (χ1) is 4.70. The van der Waals surface area contributed by atoms with Gasteiger partial charge in [-0.25, -0.2) is 0 Å². The normalized spacial score (nSPS) is 13.6. The van der Waals surface area contributed by atoms with Crippen LogP contribution in [0.25, 0.3) is 0 Å². The molecule has 60 valence electrons. The Morgan fingerprint density at radius 2 is 2.10 bits per heavy atom. The van der Waals surface area contributed by atoms with Gasteiger partial charge < -0.3 is 9.47 Å². The summed E-state index contributed by atoms with van der Waals surface area (Å²) in [7, 11) is 0. The van der Waals surface area contributed by atoms with Crippen molar-refractivity contribution in [1.29, 1.82) is 0 Å². The average Bonchev–Trinajstić information content (AvgIpc) is 1.86. The summed E-state index contributed by atoms with van der Waals surface area (Å²) in [6.07, 6.45) is -0.00417. The highest BCUT2D eigenvalue weighted by atomic mass is 16.7. The minimum Gasteiger partial charge on any atom is -0.347 e. The Morgan fingerprint density at radius 1 is 1.50 bits per heavy atom. The summed E-state index contributed by atoms with van der Waals surface area (Å²) in [5, 5.41) is 0. The number of carbonyl (C=O) groups excluding carboxylic acids is 1. The van der Waals surface area contributed by atoms with Crippen LogP contribution in [-0.2, 0) is 14.3 Å². The van der Waals surface area contributed by atoms with Crippen LogP contribution in [0.4, 0.5) is 0 Å². The topological polar surface area (TPSA) is 35.5 Å². The minimum absolute atomic E-state index is 0.0294. The van der Waals surface area contributed by atoms with E-state index in [4.69, 9.17) is 9.47 Å². The van der Waals surface area contributed by atoms with E-state index in [0.717, 1.165) is 0 Å². The Balaban J connectivity index is 3.49. The zero-order valence-electron chi connectivity index (χ0n) is 6.66. The van der Waals surface area contributed by atoms with Crippen molar-refractivity contribution in [2.24, 2.45) is 0 Å². The van der Waals surface area contributed by atoms with Gasteiger partial charge in [0.25, 0.3) is 0 Å². The maximum absolute atomic E-state index is 10.2. The number of hydrogen-bond acceptors (Lipinski definition) is 3. The molecule has 1 atom stereocenters. The molecule has 0 amide bonds. The molecule has 0 radical (unpaired) electrons. The second-order valence-electron chi connectivity index (χ2n) is 2.14. The van der Waals surface area contributed by atoms with Crippen molar-refractivity contribution in [2.75, 3.05) is 6.61 Å². The Labute approximate surface area is 61.3 Å². The third-order valence-electron chi connectivity index (χ3n) is 0.848. The smallest absolute Gasteiger partial charge is 0.214 e. The monoisotopic (exact) mass is 146 g/mol. The van der Waals surface area contributed by atoms with Crippen molar-refractivity contribution in [3.8, 4) is 0 Å². The van der Waals surface area contributed by atoms with E-state index in [-0.39, 0.29) is 6.10 Å². The van der Waals surface area contributed by atoms with Gasteiger partial charge in [-0.3, -0.25) is 4.79 Å². The second kappa shape index (κ2) is 5.38. The van der Waals surface area contributed by atoms with Crippen molar-refractivity contribution in [1.82, 2.24) is 0 Å². The van der Waals surface area contributed by atoms with Crippen LogP contribution < -0.4 is 0 Å². The summed E-state index contributed by atoms with van der Waals surface area (Å²) >= 11 is 0. The van der Waals surface area contributed by atoms with Gasteiger partial charge in [0.05, 0.1) is 6.10 Å². The molecular formula is C7H14O3. The molecule has 0 aromatic heterocycles. The molecule has 0 N–H and O–H groups in total. The van der Waals surface area contributed by atoms with Gasteiger partial charge >= 0.3 is 0 Å². The first-order valence-electron chi connectivity index (χ1n) is 3.43. The van der Waals surface area contributed by atoms with Crippen LogP contribution in [0.2, 0.25) is 0 Å². The van der Waals surface area contributed by atoms with Crippen molar-refractivity contribution < 1.29 is 14.3 Å². The molecule has 10 heavy (non-hydrogen) atoms. The lowest BCUT2D eigenvalue weighted by Gasteiger charge is -2.13. The molecule has 0 aliphatic heterocycles. The maximum Gasteiger partial charge on any atom is 0.214 e. The van der Waals surface area contributed by atoms with E-state index in [1.807, 2.05) is 20.8 Å². The van der Waals surface area contributed by atoms with Crippen LogP contribution in [0.3, 0.4) is 0 Å². The Bertz CT molecular complexity index is 90.9. The molecule has 0 aliphatic carbocycles. The molecule has 1 unspecified atom stereocenters. The SMILES string of the molecule is CCOC(C=O)OC(C)C. The van der Waals surface area contributed by atoms with Gasteiger partial charge in [0.1, 0.15) is 0 Å². The second-order valence-corrected chi connectivity index (χ2v) is 2.14. The minimum atomic E-state index is -0.690. The van der Waals surface area contributed by atoms with E-state index in [1.165, 1.54) is 0 Å². The van der Waals surface area contributed by atoms with Crippen LogP contribution >= 0.6 is 0 Å². The third kappa shape index (κ3) is 4.47. The fraction of sp³-hybridized carbons (Fsp3) is 0.857. The Kier molecular flexibility index (Phi) is 5.16. The van der Waals surface area contributed by atoms with Crippen LogP contribution in [-0.4, -0.2) is 25.3 Å². The lowest BCUT2D eigenvalue weighted by molar-refractivity contribution is -0.166. The Morgan fingerprint density at radius 3 is 2.40 bits per heavy atom.